The molecular weight excluding hydrogens is 353 g/mol. The van der Waals surface area contributed by atoms with Crippen molar-refractivity contribution in [1.29, 1.82) is 0 Å². The van der Waals surface area contributed by atoms with Crippen LogP contribution in [-0.2, 0) is 9.59 Å². The molecular formula is C17H15F3N2O2S. The van der Waals surface area contributed by atoms with Crippen LogP contribution >= 0.6 is 11.8 Å². The van der Waals surface area contributed by atoms with Gasteiger partial charge < -0.3 is 10.6 Å². The average Bonchev–Trinajstić information content (AvgIpc) is 2.57. The Morgan fingerprint density at radius 1 is 1.00 bits per heavy atom. The Morgan fingerprint density at radius 2 is 1.68 bits per heavy atom. The number of nitrogens with two attached hydrogens (primary N) is 1. The first-order valence-electron chi connectivity index (χ1n) is 7.29. The van der Waals surface area contributed by atoms with Gasteiger partial charge in [0.15, 0.2) is 11.6 Å². The summed E-state index contributed by atoms with van der Waals surface area (Å²) in [5, 5.41) is 0. The van der Waals surface area contributed by atoms with Gasteiger partial charge in [-0.15, -0.1) is 11.8 Å². The van der Waals surface area contributed by atoms with Crippen LogP contribution in [0.2, 0.25) is 0 Å². The van der Waals surface area contributed by atoms with E-state index in [4.69, 9.17) is 5.73 Å². The third kappa shape index (κ3) is 5.53. The van der Waals surface area contributed by atoms with Crippen LogP contribution in [0.4, 0.5) is 18.9 Å². The van der Waals surface area contributed by atoms with Crippen LogP contribution in [0.1, 0.15) is 6.42 Å². The molecule has 0 spiro atoms. The maximum Gasteiger partial charge on any atom is 0.237 e. The Balaban J connectivity index is 2.09. The summed E-state index contributed by atoms with van der Waals surface area (Å²) < 4.78 is 39.2. The lowest BCUT2D eigenvalue weighted by atomic mass is 10.2. The Labute approximate surface area is 146 Å². The zero-order valence-electron chi connectivity index (χ0n) is 13.0. The lowest BCUT2D eigenvalue weighted by Gasteiger charge is -2.22. The topological polar surface area (TPSA) is 63.4 Å². The van der Waals surface area contributed by atoms with Gasteiger partial charge in [0.05, 0.1) is 5.75 Å². The highest BCUT2D eigenvalue weighted by Crippen LogP contribution is 2.23. The molecule has 2 amide bonds. The van der Waals surface area contributed by atoms with Gasteiger partial charge in [0.1, 0.15) is 5.82 Å². The SMILES string of the molecule is NC(=O)CCN(C(=O)CSc1ccc(F)c(F)c1)c1ccc(F)cc1. The summed E-state index contributed by atoms with van der Waals surface area (Å²) in [5.41, 5.74) is 5.53. The molecule has 0 atom stereocenters. The van der Waals surface area contributed by atoms with E-state index in [0.29, 0.717) is 10.6 Å². The number of amides is 2. The third-order valence-corrected chi connectivity index (χ3v) is 4.25. The maximum absolute atomic E-state index is 13.2. The van der Waals surface area contributed by atoms with Crippen molar-refractivity contribution < 1.29 is 22.8 Å². The molecule has 0 aliphatic carbocycles. The van der Waals surface area contributed by atoms with Gasteiger partial charge in [-0.2, -0.15) is 0 Å². The van der Waals surface area contributed by atoms with E-state index in [1.807, 2.05) is 0 Å². The minimum Gasteiger partial charge on any atom is -0.370 e. The molecule has 0 bridgehead atoms. The highest BCUT2D eigenvalue weighted by molar-refractivity contribution is 8.00. The van der Waals surface area contributed by atoms with E-state index >= 15 is 0 Å². The first-order valence-corrected chi connectivity index (χ1v) is 8.27. The highest BCUT2D eigenvalue weighted by atomic mass is 32.2. The molecule has 2 aromatic rings. The van der Waals surface area contributed by atoms with Crippen LogP contribution in [-0.4, -0.2) is 24.1 Å². The molecule has 2 aromatic carbocycles. The third-order valence-electron chi connectivity index (χ3n) is 3.27. The van der Waals surface area contributed by atoms with Gasteiger partial charge in [-0.05, 0) is 42.5 Å². The van der Waals surface area contributed by atoms with E-state index in [-0.39, 0.29) is 24.6 Å². The van der Waals surface area contributed by atoms with Crippen molar-refractivity contribution in [2.75, 3.05) is 17.2 Å². The van der Waals surface area contributed by atoms with E-state index in [0.717, 1.165) is 23.9 Å². The Hall–Kier alpha value is -2.48. The molecule has 0 aromatic heterocycles. The number of rotatable bonds is 7. The molecule has 0 fully saturated rings. The van der Waals surface area contributed by atoms with E-state index in [1.54, 1.807) is 0 Å². The van der Waals surface area contributed by atoms with Crippen molar-refractivity contribution in [2.24, 2.45) is 5.73 Å². The quantitative estimate of drug-likeness (QED) is 0.764. The summed E-state index contributed by atoms with van der Waals surface area (Å²) in [4.78, 5) is 25.2. The first-order chi connectivity index (χ1) is 11.9. The number of carbonyl (C=O) groups is 2. The molecule has 2 N–H and O–H groups in total. The monoisotopic (exact) mass is 368 g/mol. The van der Waals surface area contributed by atoms with E-state index in [1.165, 1.54) is 35.2 Å². The molecule has 4 nitrogen and oxygen atoms in total. The van der Waals surface area contributed by atoms with Gasteiger partial charge in [-0.1, -0.05) is 0 Å². The number of hydrogen-bond acceptors (Lipinski definition) is 3. The second kappa shape index (κ2) is 8.57. The summed E-state index contributed by atoms with van der Waals surface area (Å²) in [6.45, 7) is 0.0398. The molecule has 0 unspecified atom stereocenters. The van der Waals surface area contributed by atoms with Crippen molar-refractivity contribution in [3.05, 3.63) is 59.9 Å². The minimum absolute atomic E-state index is 0.0398. The Kier molecular flexibility index (Phi) is 6.46. The van der Waals surface area contributed by atoms with Crippen LogP contribution < -0.4 is 10.6 Å². The van der Waals surface area contributed by atoms with Crippen molar-refractivity contribution in [2.45, 2.75) is 11.3 Å². The summed E-state index contributed by atoms with van der Waals surface area (Å²) in [6.07, 6.45) is -0.0566. The number of halogens is 3. The predicted octanol–water partition coefficient (Wildman–Crippen LogP) is 3.10. The molecule has 132 valence electrons. The number of hydrogen-bond donors (Lipinski definition) is 1. The number of primary amides is 1. The zero-order valence-corrected chi connectivity index (χ0v) is 13.9. The van der Waals surface area contributed by atoms with Crippen LogP contribution in [0.5, 0.6) is 0 Å². The summed E-state index contributed by atoms with van der Waals surface area (Å²) in [5.74, 6) is -3.44. The standard InChI is InChI=1S/C17H15F3N2O2S/c18-11-1-3-12(4-2-11)22(8-7-16(21)23)17(24)10-25-13-5-6-14(19)15(20)9-13/h1-6,9H,7-8,10H2,(H2,21,23). The van der Waals surface area contributed by atoms with E-state index < -0.39 is 23.4 Å². The number of carbonyl (C=O) groups excluding carboxylic acids is 2. The molecule has 0 heterocycles. The minimum atomic E-state index is -0.999. The van der Waals surface area contributed by atoms with E-state index in [2.05, 4.69) is 0 Å². The van der Waals surface area contributed by atoms with Crippen molar-refractivity contribution in [3.63, 3.8) is 0 Å². The predicted molar refractivity (Wildman–Crippen MR) is 89.6 cm³/mol. The van der Waals surface area contributed by atoms with Gasteiger partial charge in [0.25, 0.3) is 0 Å². The number of thioether (sulfide) groups is 1. The second-order valence-corrected chi connectivity index (χ2v) is 6.15. The Bertz CT molecular complexity index is 769. The first kappa shape index (κ1) is 18.9. The fraction of sp³-hybridized carbons (Fsp3) is 0.176. The molecule has 0 saturated heterocycles. The smallest absolute Gasteiger partial charge is 0.237 e. The normalized spacial score (nSPS) is 10.5. The lowest BCUT2D eigenvalue weighted by Crippen LogP contribution is -2.35. The number of benzene rings is 2. The van der Waals surface area contributed by atoms with Crippen molar-refractivity contribution in [3.8, 4) is 0 Å². The lowest BCUT2D eigenvalue weighted by molar-refractivity contribution is -0.118. The van der Waals surface area contributed by atoms with Crippen LogP contribution in [0, 0.1) is 17.5 Å². The molecule has 0 aliphatic heterocycles. The molecule has 25 heavy (non-hydrogen) atoms. The number of anilines is 1. The summed E-state index contributed by atoms with van der Waals surface area (Å²) >= 11 is 1.02. The zero-order chi connectivity index (χ0) is 18.4. The average molecular weight is 368 g/mol. The van der Waals surface area contributed by atoms with Gasteiger partial charge >= 0.3 is 0 Å². The second-order valence-electron chi connectivity index (χ2n) is 5.10. The fourth-order valence-corrected chi connectivity index (χ4v) is 2.83. The van der Waals surface area contributed by atoms with Crippen molar-refractivity contribution in [1.82, 2.24) is 0 Å². The van der Waals surface area contributed by atoms with Crippen molar-refractivity contribution >= 4 is 29.3 Å². The van der Waals surface area contributed by atoms with Gasteiger partial charge in [0, 0.05) is 23.5 Å². The molecule has 0 aliphatic rings. The Morgan fingerprint density at radius 3 is 2.28 bits per heavy atom. The van der Waals surface area contributed by atoms with E-state index in [9.17, 15) is 22.8 Å². The van der Waals surface area contributed by atoms with Crippen LogP contribution in [0.15, 0.2) is 47.4 Å². The molecule has 8 heteroatoms. The van der Waals surface area contributed by atoms with Gasteiger partial charge in [0.2, 0.25) is 11.8 Å². The van der Waals surface area contributed by atoms with Crippen LogP contribution in [0.3, 0.4) is 0 Å². The summed E-state index contributed by atoms with van der Waals surface area (Å²) in [6, 6.07) is 8.56. The largest absolute Gasteiger partial charge is 0.370 e. The molecule has 0 radical (unpaired) electrons. The molecule has 2 rings (SSSR count). The maximum atomic E-state index is 13.2. The number of nitrogens with zero attached hydrogens (tertiary/aromatic N) is 1. The van der Waals surface area contributed by atoms with Crippen LogP contribution in [0.25, 0.3) is 0 Å². The fourth-order valence-electron chi connectivity index (χ4n) is 2.03. The van der Waals surface area contributed by atoms with Gasteiger partial charge in [-0.3, -0.25) is 9.59 Å². The highest BCUT2D eigenvalue weighted by Gasteiger charge is 2.17. The van der Waals surface area contributed by atoms with Gasteiger partial charge in [-0.25, -0.2) is 13.2 Å². The molecule has 0 saturated carbocycles. The summed E-state index contributed by atoms with van der Waals surface area (Å²) in [7, 11) is 0.